The van der Waals surface area contributed by atoms with Gasteiger partial charge in [0.1, 0.15) is 11.4 Å². The number of hydrogen-bond donors (Lipinski definition) is 0. The number of para-hydroxylation sites is 1. The van der Waals surface area contributed by atoms with Gasteiger partial charge in [-0.1, -0.05) is 12.6 Å². The van der Waals surface area contributed by atoms with Gasteiger partial charge in [0, 0.05) is 36.4 Å². The van der Waals surface area contributed by atoms with Crippen LogP contribution in [0.15, 0.2) is 73.6 Å². The average molecular weight is 469 g/mol. The molecular weight excluding hydrogens is 444 g/mol. The van der Waals surface area contributed by atoms with Crippen LogP contribution in [0.25, 0.3) is 22.2 Å². The first-order valence-corrected chi connectivity index (χ1v) is 11.6. The molecule has 0 N–H and O–H groups in total. The molecule has 4 heterocycles. The van der Waals surface area contributed by atoms with Crippen LogP contribution in [0, 0.1) is 0 Å². The molecule has 1 atom stereocenters. The lowest BCUT2D eigenvalue weighted by Gasteiger charge is -2.32. The maximum absolute atomic E-state index is 12.2. The first kappa shape index (κ1) is 21.2. The second-order valence-electron chi connectivity index (χ2n) is 8.59. The quantitative estimate of drug-likeness (QED) is 0.385. The zero-order valence-electron chi connectivity index (χ0n) is 19.1. The number of carbonyl (C=O) groups is 1. The standard InChI is InChI=1S/C27H24N4O4/c1-2-25(32)30-14-4-5-19(16-30)31-22-12-13-28-15-21(22)26(29-31)18-8-10-20(11-9-18)35-24-7-3-6-23-27(24)34-17-33-23/h2-3,6-13,15,19H,1,4-5,14,16-17H2/t19-/m1/s1. The lowest BCUT2D eigenvalue weighted by atomic mass is 10.1. The number of aromatic nitrogens is 3. The Bertz CT molecular complexity index is 1410. The van der Waals surface area contributed by atoms with Gasteiger partial charge in [-0.05, 0) is 61.4 Å². The number of fused-ring (bicyclic) bond motifs is 2. The smallest absolute Gasteiger partial charge is 0.246 e. The van der Waals surface area contributed by atoms with Crippen molar-refractivity contribution in [3.63, 3.8) is 0 Å². The molecule has 2 aromatic carbocycles. The Morgan fingerprint density at radius 3 is 2.89 bits per heavy atom. The Balaban J connectivity index is 1.30. The van der Waals surface area contributed by atoms with Crippen LogP contribution >= 0.6 is 0 Å². The SMILES string of the molecule is C=CC(=O)N1CCC[C@@H](n2nc(-c3ccc(Oc4cccc5c4OCO5)cc3)c3cnccc32)C1. The summed E-state index contributed by atoms with van der Waals surface area (Å²) in [7, 11) is 0. The minimum absolute atomic E-state index is 0.0373. The minimum Gasteiger partial charge on any atom is -0.453 e. The number of ether oxygens (including phenoxy) is 3. The molecule has 1 saturated heterocycles. The Morgan fingerprint density at radius 2 is 2.03 bits per heavy atom. The molecule has 0 aliphatic carbocycles. The first-order valence-electron chi connectivity index (χ1n) is 11.6. The van der Waals surface area contributed by atoms with E-state index in [-0.39, 0.29) is 18.7 Å². The van der Waals surface area contributed by atoms with Gasteiger partial charge in [-0.15, -0.1) is 0 Å². The van der Waals surface area contributed by atoms with Gasteiger partial charge in [0.05, 0.1) is 11.6 Å². The third kappa shape index (κ3) is 3.86. The van der Waals surface area contributed by atoms with E-state index in [1.165, 1.54) is 6.08 Å². The van der Waals surface area contributed by atoms with Crippen LogP contribution in [0.4, 0.5) is 0 Å². The van der Waals surface area contributed by atoms with Crippen molar-refractivity contribution in [1.29, 1.82) is 0 Å². The molecule has 176 valence electrons. The van der Waals surface area contributed by atoms with Crippen molar-refractivity contribution < 1.29 is 19.0 Å². The number of likely N-dealkylation sites (tertiary alicyclic amines) is 1. The first-order chi connectivity index (χ1) is 17.2. The fraction of sp³-hybridized carbons (Fsp3) is 0.222. The van der Waals surface area contributed by atoms with E-state index < -0.39 is 0 Å². The van der Waals surface area contributed by atoms with Crippen molar-refractivity contribution in [3.8, 4) is 34.3 Å². The topological polar surface area (TPSA) is 78.7 Å². The molecule has 8 nitrogen and oxygen atoms in total. The third-order valence-electron chi connectivity index (χ3n) is 6.45. The van der Waals surface area contributed by atoms with Crippen molar-refractivity contribution in [2.75, 3.05) is 19.9 Å². The number of piperidine rings is 1. The van der Waals surface area contributed by atoms with Crippen molar-refractivity contribution in [1.82, 2.24) is 19.7 Å². The highest BCUT2D eigenvalue weighted by Crippen LogP contribution is 2.42. The molecule has 0 saturated carbocycles. The summed E-state index contributed by atoms with van der Waals surface area (Å²) in [6, 6.07) is 15.5. The van der Waals surface area contributed by atoms with Crippen LogP contribution in [0.5, 0.6) is 23.0 Å². The van der Waals surface area contributed by atoms with E-state index in [0.29, 0.717) is 29.5 Å². The van der Waals surface area contributed by atoms with Crippen LogP contribution in [0.1, 0.15) is 18.9 Å². The summed E-state index contributed by atoms with van der Waals surface area (Å²) < 4.78 is 19.1. The Kier molecular flexibility index (Phi) is 5.33. The number of hydrogen-bond acceptors (Lipinski definition) is 6. The lowest BCUT2D eigenvalue weighted by molar-refractivity contribution is -0.127. The molecular formula is C27H24N4O4. The zero-order valence-corrected chi connectivity index (χ0v) is 19.1. The van der Waals surface area contributed by atoms with Gasteiger partial charge in [-0.3, -0.25) is 14.5 Å². The van der Waals surface area contributed by atoms with Gasteiger partial charge in [-0.2, -0.15) is 5.10 Å². The average Bonchev–Trinajstić information content (AvgIpc) is 3.55. The second kappa shape index (κ2) is 8.79. The van der Waals surface area contributed by atoms with Gasteiger partial charge < -0.3 is 19.1 Å². The predicted octanol–water partition coefficient (Wildman–Crippen LogP) is 4.97. The van der Waals surface area contributed by atoms with Crippen LogP contribution < -0.4 is 14.2 Å². The van der Waals surface area contributed by atoms with Crippen molar-refractivity contribution in [3.05, 3.63) is 73.6 Å². The molecule has 0 radical (unpaired) electrons. The maximum Gasteiger partial charge on any atom is 0.246 e. The molecule has 2 aliphatic heterocycles. The van der Waals surface area contributed by atoms with Crippen LogP contribution in [-0.4, -0.2) is 45.5 Å². The number of amides is 1. The van der Waals surface area contributed by atoms with E-state index in [4.69, 9.17) is 19.3 Å². The molecule has 2 aliphatic rings. The predicted molar refractivity (Wildman–Crippen MR) is 131 cm³/mol. The van der Waals surface area contributed by atoms with Crippen molar-refractivity contribution in [2.45, 2.75) is 18.9 Å². The van der Waals surface area contributed by atoms with E-state index in [1.54, 1.807) is 6.20 Å². The van der Waals surface area contributed by atoms with E-state index in [0.717, 1.165) is 41.5 Å². The van der Waals surface area contributed by atoms with E-state index in [1.807, 2.05) is 64.3 Å². The van der Waals surface area contributed by atoms with E-state index in [9.17, 15) is 4.79 Å². The molecule has 8 heteroatoms. The summed E-state index contributed by atoms with van der Waals surface area (Å²) in [4.78, 5) is 18.4. The highest BCUT2D eigenvalue weighted by molar-refractivity contribution is 5.93. The molecule has 35 heavy (non-hydrogen) atoms. The Hall–Kier alpha value is -4.33. The summed E-state index contributed by atoms with van der Waals surface area (Å²) in [5.74, 6) is 2.56. The molecule has 6 rings (SSSR count). The van der Waals surface area contributed by atoms with Crippen molar-refractivity contribution in [2.24, 2.45) is 0 Å². The summed E-state index contributed by atoms with van der Waals surface area (Å²) in [5.41, 5.74) is 2.82. The number of nitrogens with zero attached hydrogens (tertiary/aromatic N) is 4. The van der Waals surface area contributed by atoms with Crippen LogP contribution in [-0.2, 0) is 4.79 Å². The van der Waals surface area contributed by atoms with E-state index in [2.05, 4.69) is 11.6 Å². The zero-order chi connectivity index (χ0) is 23.8. The normalized spacial score (nSPS) is 16.9. The molecule has 0 spiro atoms. The molecule has 0 unspecified atom stereocenters. The van der Waals surface area contributed by atoms with E-state index >= 15 is 0 Å². The van der Waals surface area contributed by atoms with Gasteiger partial charge in [0.2, 0.25) is 18.4 Å². The largest absolute Gasteiger partial charge is 0.453 e. The fourth-order valence-electron chi connectivity index (χ4n) is 4.75. The van der Waals surface area contributed by atoms with Gasteiger partial charge in [0.15, 0.2) is 11.5 Å². The number of carbonyl (C=O) groups excluding carboxylic acids is 1. The minimum atomic E-state index is -0.0373. The summed E-state index contributed by atoms with van der Waals surface area (Å²) >= 11 is 0. The number of benzene rings is 2. The molecule has 4 aromatic rings. The van der Waals surface area contributed by atoms with Gasteiger partial charge in [-0.25, -0.2) is 0 Å². The lowest BCUT2D eigenvalue weighted by Crippen LogP contribution is -2.40. The van der Waals surface area contributed by atoms with Gasteiger partial charge in [0.25, 0.3) is 0 Å². The molecule has 1 amide bonds. The summed E-state index contributed by atoms with van der Waals surface area (Å²) in [5, 5.41) is 5.97. The monoisotopic (exact) mass is 468 g/mol. The molecule has 2 aromatic heterocycles. The summed E-state index contributed by atoms with van der Waals surface area (Å²) in [6.07, 6.45) is 6.89. The third-order valence-corrected chi connectivity index (χ3v) is 6.45. The highest BCUT2D eigenvalue weighted by Gasteiger charge is 2.26. The summed E-state index contributed by atoms with van der Waals surface area (Å²) in [6.45, 7) is 5.19. The molecule has 1 fully saturated rings. The fourth-order valence-corrected chi connectivity index (χ4v) is 4.75. The van der Waals surface area contributed by atoms with Crippen LogP contribution in [0.2, 0.25) is 0 Å². The number of rotatable bonds is 5. The Morgan fingerprint density at radius 1 is 1.14 bits per heavy atom. The maximum atomic E-state index is 12.2. The van der Waals surface area contributed by atoms with Crippen molar-refractivity contribution >= 4 is 16.8 Å². The Labute approximate surface area is 202 Å². The molecule has 0 bridgehead atoms. The number of pyridine rings is 1. The highest BCUT2D eigenvalue weighted by atomic mass is 16.7. The second-order valence-corrected chi connectivity index (χ2v) is 8.59. The van der Waals surface area contributed by atoms with Crippen LogP contribution in [0.3, 0.4) is 0 Å². The van der Waals surface area contributed by atoms with Gasteiger partial charge >= 0.3 is 0 Å².